The molecule has 0 heterocycles. The molecule has 220 valence electrons. The fourth-order valence-corrected chi connectivity index (χ4v) is 9.53. The van der Waals surface area contributed by atoms with Crippen LogP contribution in [0.4, 0.5) is 5.69 Å². The van der Waals surface area contributed by atoms with E-state index in [1.54, 1.807) is 18.2 Å². The number of benzene rings is 2. The third-order valence-corrected chi connectivity index (χ3v) is 12.8. The molecule has 0 aliphatic carbocycles. The zero-order chi connectivity index (χ0) is 29.3. The Balaban J connectivity index is 2.15. The molecule has 2 aromatic rings. The van der Waals surface area contributed by atoms with E-state index in [0.717, 1.165) is 52.4 Å². The van der Waals surface area contributed by atoms with Crippen LogP contribution in [0, 0.1) is 0 Å². The van der Waals surface area contributed by atoms with Gasteiger partial charge in [-0.05, 0) is 79.3 Å². The maximum absolute atomic E-state index is 13.1. The Labute approximate surface area is 231 Å². The second-order valence-corrected chi connectivity index (χ2v) is 14.6. The lowest BCUT2D eigenvalue weighted by molar-refractivity contribution is 0.0953. The van der Waals surface area contributed by atoms with Crippen LogP contribution in [0.25, 0.3) is 0 Å². The first-order valence-electron chi connectivity index (χ1n) is 13.0. The minimum Gasteiger partial charge on any atom is -0.508 e. The van der Waals surface area contributed by atoms with E-state index in [9.17, 15) is 24.4 Å². The van der Waals surface area contributed by atoms with Crippen LogP contribution in [0.15, 0.2) is 42.5 Å². The van der Waals surface area contributed by atoms with E-state index >= 15 is 0 Å². The molecule has 0 aliphatic heterocycles. The molecule has 2 unspecified atom stereocenters. The van der Waals surface area contributed by atoms with Crippen LogP contribution in [-0.2, 0) is 27.2 Å². The highest BCUT2D eigenvalue weighted by Crippen LogP contribution is 2.77. The van der Waals surface area contributed by atoms with Crippen molar-refractivity contribution in [2.45, 2.75) is 62.9 Å². The summed E-state index contributed by atoms with van der Waals surface area (Å²) in [6, 6.07) is 12.8. The minimum atomic E-state index is -4.27. The topological polar surface area (TPSA) is 144 Å². The maximum atomic E-state index is 13.1. The quantitative estimate of drug-likeness (QED) is 0.0869. The number of rotatable bonds is 17. The number of aromatic hydroxyl groups is 2. The van der Waals surface area contributed by atoms with Crippen LogP contribution in [0.1, 0.15) is 68.9 Å². The van der Waals surface area contributed by atoms with Gasteiger partial charge in [0.1, 0.15) is 11.5 Å². The van der Waals surface area contributed by atoms with E-state index in [0.29, 0.717) is 18.7 Å². The van der Waals surface area contributed by atoms with Gasteiger partial charge in [-0.2, -0.15) is 0 Å². The number of unbranched alkanes of at least 4 members (excludes halogenated alkanes) is 1. The average Bonchev–Trinajstić information content (AvgIpc) is 2.96. The van der Waals surface area contributed by atoms with Crippen molar-refractivity contribution in [1.82, 2.24) is 0 Å². The molecule has 0 fully saturated rings. The van der Waals surface area contributed by atoms with Gasteiger partial charge in [0.05, 0.1) is 5.69 Å². The summed E-state index contributed by atoms with van der Waals surface area (Å²) in [7, 11) is -4.16. The molecule has 0 saturated carbocycles. The largest absolute Gasteiger partial charge is 0.508 e. The lowest BCUT2D eigenvalue weighted by Crippen LogP contribution is -2.31. The Bertz CT molecular complexity index is 1100. The standard InChI is InChI=1S/C27H43NO9P2/c1-7-23(20-11-14-22(29)15-12-20)24(8-2)21-13-16-26(30)25(19-21)28-18-10-9-17-27(31,38(32,34-3)35-4)39(33,36-5)37-6/h11-16,19,23-24,28-31H,7-10,17-18H2,1-6H3. The predicted octanol–water partition coefficient (Wildman–Crippen LogP) is 6.99. The molecule has 10 nitrogen and oxygen atoms in total. The summed E-state index contributed by atoms with van der Waals surface area (Å²) in [6.07, 6.45) is 2.31. The Morgan fingerprint density at radius 2 is 1.28 bits per heavy atom. The summed E-state index contributed by atoms with van der Waals surface area (Å²) >= 11 is 0. The molecule has 0 aromatic heterocycles. The number of phenols is 2. The van der Waals surface area contributed by atoms with Gasteiger partial charge in [0, 0.05) is 35.0 Å². The Morgan fingerprint density at radius 1 is 0.795 bits per heavy atom. The highest BCUT2D eigenvalue weighted by atomic mass is 31.2. The Morgan fingerprint density at radius 3 is 1.77 bits per heavy atom. The van der Waals surface area contributed by atoms with Crippen LogP contribution in [0.5, 0.6) is 11.5 Å². The summed E-state index contributed by atoms with van der Waals surface area (Å²) in [5.41, 5.74) is 2.79. The van der Waals surface area contributed by atoms with Gasteiger partial charge in [0.2, 0.25) is 0 Å². The van der Waals surface area contributed by atoms with Crippen molar-refractivity contribution in [3.8, 4) is 11.5 Å². The fourth-order valence-electron chi connectivity index (χ4n) is 5.02. The van der Waals surface area contributed by atoms with Gasteiger partial charge < -0.3 is 38.7 Å². The first-order chi connectivity index (χ1) is 18.5. The lowest BCUT2D eigenvalue weighted by Gasteiger charge is -2.36. The van der Waals surface area contributed by atoms with E-state index in [1.165, 1.54) is 0 Å². The Hall–Kier alpha value is -1.90. The van der Waals surface area contributed by atoms with Crippen LogP contribution >= 0.6 is 15.2 Å². The Kier molecular flexibility index (Phi) is 12.5. The molecule has 2 rings (SSSR count). The molecule has 39 heavy (non-hydrogen) atoms. The van der Waals surface area contributed by atoms with E-state index in [4.69, 9.17) is 18.1 Å². The SMILES string of the molecule is CCC(c1ccc(O)cc1)C(CC)c1ccc(O)c(NCCCCC(O)(P(=O)(OC)OC)P(=O)(OC)OC)c1. The van der Waals surface area contributed by atoms with Crippen LogP contribution < -0.4 is 5.32 Å². The molecule has 2 aromatic carbocycles. The molecule has 0 saturated heterocycles. The van der Waals surface area contributed by atoms with Crippen molar-refractivity contribution in [1.29, 1.82) is 0 Å². The van der Waals surface area contributed by atoms with Crippen molar-refractivity contribution in [3.63, 3.8) is 0 Å². The van der Waals surface area contributed by atoms with E-state index < -0.39 is 20.3 Å². The van der Waals surface area contributed by atoms with Crippen molar-refractivity contribution in [2.75, 3.05) is 40.3 Å². The van der Waals surface area contributed by atoms with Crippen molar-refractivity contribution in [2.24, 2.45) is 0 Å². The van der Waals surface area contributed by atoms with E-state index in [-0.39, 0.29) is 36.2 Å². The third kappa shape index (κ3) is 7.25. The highest BCUT2D eigenvalue weighted by molar-refractivity contribution is 7.73. The van der Waals surface area contributed by atoms with E-state index in [2.05, 4.69) is 19.2 Å². The predicted molar refractivity (Wildman–Crippen MR) is 153 cm³/mol. The maximum Gasteiger partial charge on any atom is 0.374 e. The van der Waals surface area contributed by atoms with Crippen LogP contribution in [0.3, 0.4) is 0 Å². The van der Waals surface area contributed by atoms with Gasteiger partial charge in [-0.15, -0.1) is 0 Å². The molecule has 12 heteroatoms. The monoisotopic (exact) mass is 587 g/mol. The molecule has 4 N–H and O–H groups in total. The number of hydrogen-bond donors (Lipinski definition) is 4. The molecule has 0 radical (unpaired) electrons. The van der Waals surface area contributed by atoms with Crippen molar-refractivity contribution >= 4 is 20.9 Å². The zero-order valence-corrected chi connectivity index (χ0v) is 25.4. The van der Waals surface area contributed by atoms with Gasteiger partial charge in [-0.1, -0.05) is 32.0 Å². The van der Waals surface area contributed by atoms with Gasteiger partial charge in [-0.25, -0.2) is 0 Å². The average molecular weight is 588 g/mol. The van der Waals surface area contributed by atoms with Crippen molar-refractivity contribution in [3.05, 3.63) is 53.6 Å². The highest BCUT2D eigenvalue weighted by Gasteiger charge is 2.63. The molecule has 0 spiro atoms. The first-order valence-corrected chi connectivity index (χ1v) is 16.1. The zero-order valence-electron chi connectivity index (χ0n) is 23.6. The van der Waals surface area contributed by atoms with Gasteiger partial charge >= 0.3 is 15.2 Å². The number of anilines is 1. The van der Waals surface area contributed by atoms with E-state index in [1.807, 2.05) is 24.3 Å². The van der Waals surface area contributed by atoms with Gasteiger partial charge in [0.15, 0.2) is 0 Å². The van der Waals surface area contributed by atoms with Crippen molar-refractivity contribution < 1.29 is 42.5 Å². The summed E-state index contributed by atoms with van der Waals surface area (Å²) < 4.78 is 46.0. The second kappa shape index (κ2) is 14.6. The smallest absolute Gasteiger partial charge is 0.374 e. The molecular formula is C27H43NO9P2. The number of nitrogens with one attached hydrogen (secondary N) is 1. The summed E-state index contributed by atoms with van der Waals surface area (Å²) in [4.78, 5) is 0. The third-order valence-electron chi connectivity index (χ3n) is 7.23. The number of aliphatic hydroxyl groups is 1. The second-order valence-electron chi connectivity index (χ2n) is 9.28. The van der Waals surface area contributed by atoms with Crippen LogP contribution in [-0.4, -0.2) is 55.4 Å². The summed E-state index contributed by atoms with van der Waals surface area (Å²) in [5.74, 6) is 0.774. The molecule has 2 atom stereocenters. The number of hydrogen-bond acceptors (Lipinski definition) is 10. The minimum absolute atomic E-state index is 0.106. The van der Waals surface area contributed by atoms with Crippen LogP contribution in [0.2, 0.25) is 0 Å². The van der Waals surface area contributed by atoms with Gasteiger partial charge in [-0.3, -0.25) is 9.13 Å². The normalized spacial score (nSPS) is 14.2. The summed E-state index contributed by atoms with van der Waals surface area (Å²) in [5, 5.41) is 32.1. The lowest BCUT2D eigenvalue weighted by atomic mass is 9.78. The first kappa shape index (κ1) is 33.3. The summed E-state index contributed by atoms with van der Waals surface area (Å²) in [6.45, 7) is 4.68. The molecule has 0 bridgehead atoms. The molecule has 0 aliphatic rings. The van der Waals surface area contributed by atoms with Gasteiger partial charge in [0.25, 0.3) is 5.08 Å². The fraction of sp³-hybridized carbons (Fsp3) is 0.556. The molecular weight excluding hydrogens is 544 g/mol. The molecule has 0 amide bonds. The number of phenolic OH excluding ortho intramolecular Hbond substituents is 2.